The predicted octanol–water partition coefficient (Wildman–Crippen LogP) is 1.17. The molecule has 0 heterocycles. The molecule has 1 aliphatic carbocycles. The van der Waals surface area contributed by atoms with Crippen LogP contribution in [0.2, 0.25) is 0 Å². The minimum atomic E-state index is 0.324. The van der Waals surface area contributed by atoms with Gasteiger partial charge < -0.3 is 10.9 Å². The normalized spacial score (nSPS) is 34.7. The zero-order valence-corrected chi connectivity index (χ0v) is 6.25. The van der Waals surface area contributed by atoms with E-state index in [0.29, 0.717) is 17.7 Å². The van der Waals surface area contributed by atoms with Crippen LogP contribution in [0.3, 0.4) is 0 Å². The smallest absolute Gasteiger partial charge is 0.142 e. The highest BCUT2D eigenvalue weighted by Crippen LogP contribution is 2.30. The number of nitrogens with two attached hydrogens (primary N) is 1. The van der Waals surface area contributed by atoms with Crippen LogP contribution in [0.5, 0.6) is 0 Å². The molecule has 0 radical (unpaired) electrons. The molecule has 0 aliphatic heterocycles. The zero-order chi connectivity index (χ0) is 7.56. The number of oxime groups is 1. The maximum Gasteiger partial charge on any atom is 0.142 e. The Balaban J connectivity index is 2.55. The van der Waals surface area contributed by atoms with Gasteiger partial charge in [0.1, 0.15) is 5.84 Å². The number of hydrogen-bond donors (Lipinski definition) is 2. The van der Waals surface area contributed by atoms with Crippen molar-refractivity contribution in [3.8, 4) is 0 Å². The minimum absolute atomic E-state index is 0.324. The Morgan fingerprint density at radius 1 is 1.60 bits per heavy atom. The second-order valence-electron chi connectivity index (χ2n) is 3.04. The summed E-state index contributed by atoms with van der Waals surface area (Å²) in [5.74, 6) is 1.32. The maximum atomic E-state index is 8.38. The molecule has 58 valence electrons. The molecule has 1 aliphatic rings. The van der Waals surface area contributed by atoms with Gasteiger partial charge in [-0.25, -0.2) is 0 Å². The molecule has 0 amide bonds. The van der Waals surface area contributed by atoms with Crippen LogP contribution in [0.15, 0.2) is 5.16 Å². The molecule has 1 rings (SSSR count). The van der Waals surface area contributed by atoms with Crippen molar-refractivity contribution < 1.29 is 5.21 Å². The van der Waals surface area contributed by atoms with Crippen molar-refractivity contribution in [2.24, 2.45) is 22.7 Å². The molecule has 3 N–H and O–H groups in total. The zero-order valence-electron chi connectivity index (χ0n) is 6.25. The second-order valence-corrected chi connectivity index (χ2v) is 3.04. The van der Waals surface area contributed by atoms with Crippen molar-refractivity contribution in [2.75, 3.05) is 0 Å². The van der Waals surface area contributed by atoms with E-state index in [-0.39, 0.29) is 0 Å². The van der Waals surface area contributed by atoms with Gasteiger partial charge in [-0.3, -0.25) is 0 Å². The summed E-state index contributed by atoms with van der Waals surface area (Å²) >= 11 is 0. The van der Waals surface area contributed by atoms with Gasteiger partial charge in [0.25, 0.3) is 0 Å². The predicted molar refractivity (Wildman–Crippen MR) is 39.9 cm³/mol. The molecule has 0 aromatic carbocycles. The molecule has 1 saturated carbocycles. The van der Waals surface area contributed by atoms with Gasteiger partial charge >= 0.3 is 0 Å². The fourth-order valence-corrected chi connectivity index (χ4v) is 1.66. The van der Waals surface area contributed by atoms with Gasteiger partial charge in [-0.15, -0.1) is 0 Å². The molecule has 10 heavy (non-hydrogen) atoms. The van der Waals surface area contributed by atoms with Crippen molar-refractivity contribution in [3.05, 3.63) is 0 Å². The summed E-state index contributed by atoms with van der Waals surface area (Å²) in [6.45, 7) is 2.15. The molecule has 0 saturated heterocycles. The van der Waals surface area contributed by atoms with Gasteiger partial charge in [0.15, 0.2) is 0 Å². The van der Waals surface area contributed by atoms with E-state index in [1.165, 1.54) is 12.8 Å². The SMILES string of the molecule is CC1CCCC1/C(N)=N/O. The van der Waals surface area contributed by atoms with E-state index < -0.39 is 0 Å². The lowest BCUT2D eigenvalue weighted by atomic mass is 9.97. The molecule has 3 heteroatoms. The maximum absolute atomic E-state index is 8.38. The van der Waals surface area contributed by atoms with E-state index in [9.17, 15) is 0 Å². The molecule has 0 aromatic rings. The van der Waals surface area contributed by atoms with E-state index >= 15 is 0 Å². The Morgan fingerprint density at radius 3 is 2.70 bits per heavy atom. The summed E-state index contributed by atoms with van der Waals surface area (Å²) in [5.41, 5.74) is 5.47. The first-order valence-corrected chi connectivity index (χ1v) is 3.73. The number of rotatable bonds is 1. The molecule has 0 aromatic heterocycles. The van der Waals surface area contributed by atoms with Crippen LogP contribution in [0.25, 0.3) is 0 Å². The lowest BCUT2D eigenvalue weighted by Gasteiger charge is -2.11. The van der Waals surface area contributed by atoms with Crippen LogP contribution >= 0.6 is 0 Å². The molecular weight excluding hydrogens is 128 g/mol. The van der Waals surface area contributed by atoms with Crippen molar-refractivity contribution in [2.45, 2.75) is 26.2 Å². The van der Waals surface area contributed by atoms with Gasteiger partial charge in [-0.05, 0) is 18.8 Å². The van der Waals surface area contributed by atoms with Crippen LogP contribution in [0.4, 0.5) is 0 Å². The van der Waals surface area contributed by atoms with E-state index in [2.05, 4.69) is 12.1 Å². The highest BCUT2D eigenvalue weighted by atomic mass is 16.4. The van der Waals surface area contributed by atoms with Crippen molar-refractivity contribution in [3.63, 3.8) is 0 Å². The largest absolute Gasteiger partial charge is 0.409 e. The average Bonchev–Trinajstić information content (AvgIpc) is 2.34. The summed E-state index contributed by atoms with van der Waals surface area (Å²) in [7, 11) is 0. The quantitative estimate of drug-likeness (QED) is 0.250. The molecule has 1 fully saturated rings. The van der Waals surface area contributed by atoms with Crippen LogP contribution < -0.4 is 5.73 Å². The standard InChI is InChI=1S/C7H14N2O/c1-5-3-2-4-6(5)7(8)9-10/h5-6,10H,2-4H2,1H3,(H2,8,9). The Bertz CT molecular complexity index is 145. The molecule has 0 bridgehead atoms. The van der Waals surface area contributed by atoms with E-state index in [1.807, 2.05) is 0 Å². The molecule has 2 unspecified atom stereocenters. The summed E-state index contributed by atoms with van der Waals surface area (Å²) in [6, 6.07) is 0. The van der Waals surface area contributed by atoms with Crippen LogP contribution in [0, 0.1) is 11.8 Å². The number of amidine groups is 1. The third kappa shape index (κ3) is 1.23. The van der Waals surface area contributed by atoms with Gasteiger partial charge in [-0.2, -0.15) is 0 Å². The summed E-state index contributed by atoms with van der Waals surface area (Å²) in [4.78, 5) is 0. The van der Waals surface area contributed by atoms with E-state index in [4.69, 9.17) is 10.9 Å². The fraction of sp³-hybridized carbons (Fsp3) is 0.857. The lowest BCUT2D eigenvalue weighted by Crippen LogP contribution is -2.25. The molecule has 0 spiro atoms. The van der Waals surface area contributed by atoms with E-state index in [0.717, 1.165) is 6.42 Å². The van der Waals surface area contributed by atoms with Gasteiger partial charge in [0.05, 0.1) is 0 Å². The summed E-state index contributed by atoms with van der Waals surface area (Å²) in [5, 5.41) is 11.4. The first-order chi connectivity index (χ1) is 4.75. The molecule has 2 atom stereocenters. The third-order valence-electron chi connectivity index (χ3n) is 2.36. The van der Waals surface area contributed by atoms with Crippen molar-refractivity contribution in [1.29, 1.82) is 0 Å². The number of nitrogens with zero attached hydrogens (tertiary/aromatic N) is 1. The summed E-state index contributed by atoms with van der Waals surface area (Å²) in [6.07, 6.45) is 3.50. The minimum Gasteiger partial charge on any atom is -0.409 e. The van der Waals surface area contributed by atoms with Crippen molar-refractivity contribution >= 4 is 5.84 Å². The first-order valence-electron chi connectivity index (χ1n) is 3.73. The molecular formula is C7H14N2O. The Morgan fingerprint density at radius 2 is 2.30 bits per heavy atom. The first kappa shape index (κ1) is 7.38. The Labute approximate surface area is 60.9 Å². The van der Waals surface area contributed by atoms with Crippen LogP contribution in [0.1, 0.15) is 26.2 Å². The van der Waals surface area contributed by atoms with E-state index in [1.54, 1.807) is 0 Å². The second kappa shape index (κ2) is 2.90. The Hall–Kier alpha value is -0.730. The van der Waals surface area contributed by atoms with Gasteiger partial charge in [-0.1, -0.05) is 18.5 Å². The van der Waals surface area contributed by atoms with Gasteiger partial charge in [0, 0.05) is 5.92 Å². The topological polar surface area (TPSA) is 58.6 Å². The highest BCUT2D eigenvalue weighted by molar-refractivity contribution is 5.82. The van der Waals surface area contributed by atoms with Gasteiger partial charge in [0.2, 0.25) is 0 Å². The Kier molecular flexibility index (Phi) is 2.14. The van der Waals surface area contributed by atoms with Crippen LogP contribution in [-0.4, -0.2) is 11.0 Å². The van der Waals surface area contributed by atoms with Crippen molar-refractivity contribution in [1.82, 2.24) is 0 Å². The fourth-order valence-electron chi connectivity index (χ4n) is 1.66. The monoisotopic (exact) mass is 142 g/mol. The summed E-state index contributed by atoms with van der Waals surface area (Å²) < 4.78 is 0. The third-order valence-corrected chi connectivity index (χ3v) is 2.36. The van der Waals surface area contributed by atoms with Crippen LogP contribution in [-0.2, 0) is 0 Å². The number of hydrogen-bond acceptors (Lipinski definition) is 2. The average molecular weight is 142 g/mol. The highest BCUT2D eigenvalue weighted by Gasteiger charge is 2.26. The molecule has 3 nitrogen and oxygen atoms in total. The lowest BCUT2D eigenvalue weighted by molar-refractivity contribution is 0.311.